The summed E-state index contributed by atoms with van der Waals surface area (Å²) in [5, 5.41) is -0.00486. The summed E-state index contributed by atoms with van der Waals surface area (Å²) in [6.07, 6.45) is 0. The molecule has 0 saturated carbocycles. The second-order valence-electron chi connectivity index (χ2n) is 9.29. The molecule has 2 aliphatic rings. The van der Waals surface area contributed by atoms with Gasteiger partial charge in [0.15, 0.2) is 11.5 Å². The minimum Gasteiger partial charge on any atom is -0.493 e. The lowest BCUT2D eigenvalue weighted by atomic mass is 9.83. The van der Waals surface area contributed by atoms with Crippen LogP contribution in [0.3, 0.4) is 0 Å². The maximum Gasteiger partial charge on any atom is 0.305 e. The SMILES string of the molecule is COc1cc([C@H]2c3sc(=O)[nH]c3SC3C(=O)N(c4ccccc4)C(=O)C32)ccc1OCc1cccc(C)c1. The van der Waals surface area contributed by atoms with E-state index in [1.807, 2.05) is 49.4 Å². The Labute approximate surface area is 227 Å². The maximum absolute atomic E-state index is 13.8. The fourth-order valence-electron chi connectivity index (χ4n) is 5.17. The number of benzene rings is 3. The lowest BCUT2D eigenvalue weighted by Crippen LogP contribution is -2.32. The molecule has 2 unspecified atom stereocenters. The number of para-hydroxylation sites is 1. The highest BCUT2D eigenvalue weighted by Gasteiger charge is 2.56. The van der Waals surface area contributed by atoms with Gasteiger partial charge < -0.3 is 14.5 Å². The smallest absolute Gasteiger partial charge is 0.305 e. The molecule has 0 bridgehead atoms. The highest BCUT2D eigenvalue weighted by molar-refractivity contribution is 8.00. The van der Waals surface area contributed by atoms with E-state index in [2.05, 4.69) is 11.1 Å². The number of H-pyrrole nitrogens is 1. The molecule has 9 heteroatoms. The fraction of sp³-hybridized carbons (Fsp3) is 0.207. The van der Waals surface area contributed by atoms with Gasteiger partial charge >= 0.3 is 4.87 Å². The fourth-order valence-corrected chi connectivity index (χ4v) is 7.68. The number of nitrogens with zero attached hydrogens (tertiary/aromatic N) is 1. The second kappa shape index (κ2) is 9.81. The molecule has 0 radical (unpaired) electrons. The van der Waals surface area contributed by atoms with Gasteiger partial charge in [0.1, 0.15) is 11.9 Å². The predicted octanol–water partition coefficient (Wildman–Crippen LogP) is 5.13. The van der Waals surface area contributed by atoms with Crippen molar-refractivity contribution in [2.24, 2.45) is 5.92 Å². The van der Waals surface area contributed by atoms with Crippen LogP contribution in [0.1, 0.15) is 27.5 Å². The molecule has 0 aliphatic carbocycles. The lowest BCUT2D eigenvalue weighted by Gasteiger charge is -2.30. The first kappa shape index (κ1) is 24.5. The second-order valence-corrected chi connectivity index (χ2v) is 11.5. The van der Waals surface area contributed by atoms with E-state index in [0.29, 0.717) is 28.8 Å². The maximum atomic E-state index is 13.8. The molecule has 1 aromatic heterocycles. The summed E-state index contributed by atoms with van der Waals surface area (Å²) in [4.78, 5) is 44.4. The van der Waals surface area contributed by atoms with Crippen LogP contribution in [0.5, 0.6) is 11.5 Å². The van der Waals surface area contributed by atoms with Gasteiger partial charge in [-0.25, -0.2) is 4.90 Å². The van der Waals surface area contributed by atoms with E-state index in [1.54, 1.807) is 31.4 Å². The van der Waals surface area contributed by atoms with E-state index in [-0.39, 0.29) is 16.7 Å². The standard InChI is InChI=1S/C29H24N2O5S2/c1-16-7-6-8-17(13-16)15-36-20-12-11-18(14-21(20)35-2)22-23-25(37-26-24(22)38-29(34)30-26)28(33)31(27(23)32)19-9-4-3-5-10-19/h3-14,22-23,25H,15H2,1-2H3,(H,30,34)/t22-,23?,25?/m1/s1. The van der Waals surface area contributed by atoms with E-state index in [0.717, 1.165) is 32.9 Å². The number of aromatic amines is 1. The topological polar surface area (TPSA) is 88.7 Å². The number of imide groups is 1. The van der Waals surface area contributed by atoms with Gasteiger partial charge in [0.2, 0.25) is 11.8 Å². The van der Waals surface area contributed by atoms with Gasteiger partial charge in [0.05, 0.1) is 23.7 Å². The van der Waals surface area contributed by atoms with Crippen molar-refractivity contribution in [3.63, 3.8) is 0 Å². The average molecular weight is 545 g/mol. The van der Waals surface area contributed by atoms with Gasteiger partial charge in [0, 0.05) is 10.8 Å². The van der Waals surface area contributed by atoms with Crippen LogP contribution in [0.4, 0.5) is 5.69 Å². The molecule has 7 nitrogen and oxygen atoms in total. The largest absolute Gasteiger partial charge is 0.493 e. The Bertz CT molecular complexity index is 1600. The molecule has 3 heterocycles. The van der Waals surface area contributed by atoms with Gasteiger partial charge in [-0.15, -0.1) is 0 Å². The molecule has 2 aliphatic heterocycles. The molecular formula is C29H24N2O5S2. The van der Waals surface area contributed by atoms with E-state index in [4.69, 9.17) is 9.47 Å². The van der Waals surface area contributed by atoms with Crippen LogP contribution in [0.25, 0.3) is 0 Å². The summed E-state index contributed by atoms with van der Waals surface area (Å²) in [5.74, 6) is -0.592. The van der Waals surface area contributed by atoms with Crippen LogP contribution in [-0.4, -0.2) is 29.2 Å². The normalized spacial score (nSPS) is 20.3. The van der Waals surface area contributed by atoms with Crippen molar-refractivity contribution >= 4 is 40.6 Å². The van der Waals surface area contributed by atoms with Crippen molar-refractivity contribution in [3.8, 4) is 11.5 Å². The quantitative estimate of drug-likeness (QED) is 0.339. The minimum atomic E-state index is -0.657. The van der Waals surface area contributed by atoms with Crippen LogP contribution >= 0.6 is 23.1 Å². The number of carbonyl (C=O) groups excluding carboxylic acids is 2. The summed E-state index contributed by atoms with van der Waals surface area (Å²) in [6.45, 7) is 2.41. The van der Waals surface area contributed by atoms with E-state index in [1.165, 1.54) is 16.7 Å². The highest BCUT2D eigenvalue weighted by atomic mass is 32.2. The zero-order valence-electron chi connectivity index (χ0n) is 20.7. The van der Waals surface area contributed by atoms with E-state index in [9.17, 15) is 14.4 Å². The molecule has 3 atom stereocenters. The number of thiazole rings is 1. The van der Waals surface area contributed by atoms with Gasteiger partial charge in [-0.3, -0.25) is 14.4 Å². The summed E-state index contributed by atoms with van der Waals surface area (Å²) >= 11 is 2.35. The number of fused-ring (bicyclic) bond motifs is 2. The van der Waals surface area contributed by atoms with Crippen molar-refractivity contribution in [3.05, 3.63) is 104 Å². The molecular weight excluding hydrogens is 520 g/mol. The first-order valence-electron chi connectivity index (χ1n) is 12.1. The van der Waals surface area contributed by atoms with Crippen molar-refractivity contribution in [1.82, 2.24) is 4.98 Å². The Morgan fingerprint density at radius 3 is 2.50 bits per heavy atom. The summed E-state index contributed by atoms with van der Waals surface area (Å²) in [5.41, 5.74) is 3.53. The number of aryl methyl sites for hydroxylation is 1. The van der Waals surface area contributed by atoms with Crippen LogP contribution in [0.15, 0.2) is 82.6 Å². The van der Waals surface area contributed by atoms with Gasteiger partial charge in [-0.05, 0) is 42.3 Å². The Balaban J connectivity index is 1.38. The van der Waals surface area contributed by atoms with Gasteiger partial charge in [-0.1, -0.05) is 77.2 Å². The Morgan fingerprint density at radius 1 is 0.921 bits per heavy atom. The Hall–Kier alpha value is -3.82. The number of carbonyl (C=O) groups is 2. The molecule has 1 saturated heterocycles. The molecule has 1 fully saturated rings. The van der Waals surface area contributed by atoms with Crippen LogP contribution in [-0.2, 0) is 16.2 Å². The number of nitrogens with one attached hydrogen (secondary N) is 1. The molecule has 3 aromatic carbocycles. The van der Waals surface area contributed by atoms with Crippen LogP contribution in [0, 0.1) is 12.8 Å². The van der Waals surface area contributed by atoms with Crippen molar-refractivity contribution < 1.29 is 19.1 Å². The number of aromatic nitrogens is 1. The number of anilines is 1. The van der Waals surface area contributed by atoms with Gasteiger partial charge in [-0.2, -0.15) is 0 Å². The number of hydrogen-bond acceptors (Lipinski definition) is 7. The van der Waals surface area contributed by atoms with Gasteiger partial charge in [0.25, 0.3) is 0 Å². The molecule has 0 spiro atoms. The summed E-state index contributed by atoms with van der Waals surface area (Å²) < 4.78 is 11.7. The zero-order chi connectivity index (χ0) is 26.4. The minimum absolute atomic E-state index is 0.211. The third-order valence-electron chi connectivity index (χ3n) is 6.86. The van der Waals surface area contributed by atoms with Crippen molar-refractivity contribution in [2.45, 2.75) is 29.7 Å². The van der Waals surface area contributed by atoms with Crippen LogP contribution < -0.4 is 19.2 Å². The molecule has 38 heavy (non-hydrogen) atoms. The predicted molar refractivity (Wildman–Crippen MR) is 147 cm³/mol. The molecule has 1 N–H and O–H groups in total. The Morgan fingerprint density at radius 2 is 1.74 bits per heavy atom. The Kier molecular flexibility index (Phi) is 6.33. The van der Waals surface area contributed by atoms with Crippen molar-refractivity contribution in [1.29, 1.82) is 0 Å². The third-order valence-corrected chi connectivity index (χ3v) is 9.26. The molecule has 2 amide bonds. The number of amides is 2. The van der Waals surface area contributed by atoms with E-state index < -0.39 is 17.1 Å². The number of methoxy groups -OCH3 is 1. The summed E-state index contributed by atoms with van der Waals surface area (Å²) in [6, 6.07) is 22.6. The number of thioether (sulfide) groups is 1. The van der Waals surface area contributed by atoms with E-state index >= 15 is 0 Å². The van der Waals surface area contributed by atoms with Crippen LogP contribution in [0.2, 0.25) is 0 Å². The number of hydrogen-bond donors (Lipinski definition) is 1. The average Bonchev–Trinajstić information content (AvgIpc) is 3.42. The molecule has 6 rings (SSSR count). The number of ether oxygens (including phenoxy) is 2. The summed E-state index contributed by atoms with van der Waals surface area (Å²) in [7, 11) is 1.57. The first-order chi connectivity index (χ1) is 18.4. The molecule has 4 aromatic rings. The third kappa shape index (κ3) is 4.21. The zero-order valence-corrected chi connectivity index (χ0v) is 22.3. The first-order valence-corrected chi connectivity index (χ1v) is 13.8. The number of rotatable bonds is 6. The highest BCUT2D eigenvalue weighted by Crippen LogP contribution is 2.53. The molecule has 192 valence electrons. The van der Waals surface area contributed by atoms with Crippen molar-refractivity contribution in [2.75, 3.05) is 12.0 Å². The monoisotopic (exact) mass is 544 g/mol. The lowest BCUT2D eigenvalue weighted by molar-refractivity contribution is -0.122.